The number of anilines is 2. The van der Waals surface area contributed by atoms with E-state index >= 15 is 0 Å². The monoisotopic (exact) mass is 440 g/mol. The molecular weight excluding hydrogens is 416 g/mol. The zero-order valence-corrected chi connectivity index (χ0v) is 18.1. The molecule has 3 rings (SSSR count). The van der Waals surface area contributed by atoms with E-state index in [0.717, 1.165) is 0 Å². The van der Waals surface area contributed by atoms with Gasteiger partial charge in [-0.05, 0) is 49.4 Å². The Morgan fingerprint density at radius 3 is 2.29 bits per heavy atom. The summed E-state index contributed by atoms with van der Waals surface area (Å²) in [4.78, 5) is 11.8. The number of amides is 1. The van der Waals surface area contributed by atoms with Crippen molar-refractivity contribution in [1.82, 2.24) is 0 Å². The molecule has 8 heteroatoms. The lowest BCUT2D eigenvalue weighted by Gasteiger charge is -2.15. The zero-order chi connectivity index (χ0) is 22.3. The Labute approximate surface area is 182 Å². The smallest absolute Gasteiger partial charge is 0.262 e. The maximum atomic E-state index is 13.1. The minimum Gasteiger partial charge on any atom is -0.492 e. The van der Waals surface area contributed by atoms with Crippen LogP contribution >= 0.6 is 0 Å². The van der Waals surface area contributed by atoms with Gasteiger partial charge in [0.2, 0.25) is 5.91 Å². The summed E-state index contributed by atoms with van der Waals surface area (Å²) in [5.74, 6) is 1.10. The lowest BCUT2D eigenvalue weighted by Crippen LogP contribution is -2.15. The number of hydrogen-bond donors (Lipinski definition) is 2. The molecule has 0 fully saturated rings. The highest BCUT2D eigenvalue weighted by Gasteiger charge is 2.19. The summed E-state index contributed by atoms with van der Waals surface area (Å²) in [6.07, 6.45) is 0.255. The normalized spacial score (nSPS) is 10.9. The summed E-state index contributed by atoms with van der Waals surface area (Å²) >= 11 is 0. The van der Waals surface area contributed by atoms with Crippen LogP contribution in [0, 0.1) is 0 Å². The molecular formula is C23H24N2O5S. The number of benzene rings is 3. The largest absolute Gasteiger partial charge is 0.492 e. The summed E-state index contributed by atoms with van der Waals surface area (Å²) in [5.41, 5.74) is 0.588. The van der Waals surface area contributed by atoms with Crippen LogP contribution in [-0.4, -0.2) is 20.9 Å². The number of hydrogen-bond acceptors (Lipinski definition) is 5. The summed E-state index contributed by atoms with van der Waals surface area (Å²) in [7, 11) is -3.96. The lowest BCUT2D eigenvalue weighted by atomic mass is 10.3. The van der Waals surface area contributed by atoms with Crippen molar-refractivity contribution in [3.05, 3.63) is 72.8 Å². The maximum Gasteiger partial charge on any atom is 0.262 e. The molecule has 0 atom stereocenters. The van der Waals surface area contributed by atoms with Gasteiger partial charge in [-0.15, -0.1) is 0 Å². The van der Waals surface area contributed by atoms with Crippen LogP contribution in [0.15, 0.2) is 77.7 Å². The van der Waals surface area contributed by atoms with Crippen molar-refractivity contribution in [2.24, 2.45) is 0 Å². The molecule has 0 aliphatic rings. The molecule has 1 amide bonds. The summed E-state index contributed by atoms with van der Waals surface area (Å²) in [5, 5.41) is 2.68. The van der Waals surface area contributed by atoms with Crippen LogP contribution in [0.3, 0.4) is 0 Å². The highest BCUT2D eigenvalue weighted by Crippen LogP contribution is 2.33. The number of sulfonamides is 1. The van der Waals surface area contributed by atoms with E-state index in [9.17, 15) is 13.2 Å². The Balaban J connectivity index is 1.91. The van der Waals surface area contributed by atoms with E-state index in [2.05, 4.69) is 10.0 Å². The molecule has 0 unspecified atom stereocenters. The molecule has 0 bridgehead atoms. The van der Waals surface area contributed by atoms with Crippen molar-refractivity contribution in [3.8, 4) is 17.2 Å². The minimum atomic E-state index is -3.96. The number of para-hydroxylation sites is 3. The van der Waals surface area contributed by atoms with Crippen LogP contribution in [0.5, 0.6) is 17.2 Å². The first-order chi connectivity index (χ1) is 14.9. The zero-order valence-electron chi connectivity index (χ0n) is 17.3. The number of ether oxygens (including phenoxy) is 2. The maximum absolute atomic E-state index is 13.1. The van der Waals surface area contributed by atoms with E-state index < -0.39 is 10.0 Å². The highest BCUT2D eigenvalue weighted by molar-refractivity contribution is 7.92. The van der Waals surface area contributed by atoms with Gasteiger partial charge >= 0.3 is 0 Å². The Kier molecular flexibility index (Phi) is 7.15. The fourth-order valence-electron chi connectivity index (χ4n) is 2.75. The molecule has 0 saturated carbocycles. The number of nitrogens with one attached hydrogen (secondary N) is 2. The van der Waals surface area contributed by atoms with Crippen molar-refractivity contribution in [2.45, 2.75) is 25.2 Å². The Hall–Kier alpha value is -3.52. The Morgan fingerprint density at radius 2 is 1.58 bits per heavy atom. The highest BCUT2D eigenvalue weighted by atomic mass is 32.2. The molecule has 31 heavy (non-hydrogen) atoms. The van der Waals surface area contributed by atoms with Gasteiger partial charge in [-0.1, -0.05) is 37.3 Å². The van der Waals surface area contributed by atoms with E-state index in [1.807, 2.05) is 18.2 Å². The molecule has 0 aliphatic heterocycles. The number of carbonyl (C=O) groups excluding carboxylic acids is 1. The second-order valence-corrected chi connectivity index (χ2v) is 8.19. The van der Waals surface area contributed by atoms with Gasteiger partial charge in [0.1, 0.15) is 11.5 Å². The molecule has 3 aromatic carbocycles. The Bertz CT molecular complexity index is 1150. The van der Waals surface area contributed by atoms with Gasteiger partial charge in [0, 0.05) is 6.42 Å². The molecule has 0 spiro atoms. The fraction of sp³-hybridized carbons (Fsp3) is 0.174. The van der Waals surface area contributed by atoms with E-state index in [-0.39, 0.29) is 17.2 Å². The van der Waals surface area contributed by atoms with E-state index in [4.69, 9.17) is 9.47 Å². The van der Waals surface area contributed by atoms with Crippen molar-refractivity contribution in [1.29, 1.82) is 0 Å². The number of carbonyl (C=O) groups is 1. The Morgan fingerprint density at radius 1 is 0.871 bits per heavy atom. The molecule has 0 heterocycles. The third kappa shape index (κ3) is 5.76. The molecule has 0 aliphatic carbocycles. The molecule has 0 aromatic heterocycles. The van der Waals surface area contributed by atoms with Crippen molar-refractivity contribution in [3.63, 3.8) is 0 Å². The third-order valence-electron chi connectivity index (χ3n) is 4.26. The van der Waals surface area contributed by atoms with E-state index in [1.165, 1.54) is 18.2 Å². The van der Waals surface area contributed by atoms with Crippen LogP contribution in [0.4, 0.5) is 11.4 Å². The summed E-state index contributed by atoms with van der Waals surface area (Å²) in [6.45, 7) is 3.90. The van der Waals surface area contributed by atoms with Crippen molar-refractivity contribution >= 4 is 27.3 Å². The molecule has 0 radical (unpaired) electrons. The van der Waals surface area contributed by atoms with Gasteiger partial charge in [0.25, 0.3) is 10.0 Å². The molecule has 7 nitrogen and oxygen atoms in total. The lowest BCUT2D eigenvalue weighted by molar-refractivity contribution is -0.115. The minimum absolute atomic E-state index is 0.0168. The van der Waals surface area contributed by atoms with Gasteiger partial charge in [0.05, 0.1) is 22.9 Å². The quantitative estimate of drug-likeness (QED) is 0.487. The van der Waals surface area contributed by atoms with Gasteiger partial charge in [-0.25, -0.2) is 8.42 Å². The molecule has 3 aromatic rings. The third-order valence-corrected chi connectivity index (χ3v) is 5.62. The average molecular weight is 441 g/mol. The standard InChI is InChI=1S/C23H24N2O5S/c1-3-23(26)24-20-16-18(14-15-21(20)29-4-2)31(27,28)25-19-12-8-9-13-22(19)30-17-10-6-5-7-11-17/h5-16,25H,3-4H2,1-2H3,(H,24,26). The van der Waals surface area contributed by atoms with Crippen LogP contribution in [0.2, 0.25) is 0 Å². The average Bonchev–Trinajstić information content (AvgIpc) is 2.77. The van der Waals surface area contributed by atoms with Crippen LogP contribution in [-0.2, 0) is 14.8 Å². The predicted molar refractivity (Wildman–Crippen MR) is 120 cm³/mol. The number of rotatable bonds is 9. The van der Waals surface area contributed by atoms with E-state index in [1.54, 1.807) is 50.2 Å². The predicted octanol–water partition coefficient (Wildman–Crippen LogP) is 5.03. The second-order valence-electron chi connectivity index (χ2n) is 6.51. The first-order valence-electron chi connectivity index (χ1n) is 9.84. The SMILES string of the molecule is CCOc1ccc(S(=O)(=O)Nc2ccccc2Oc2ccccc2)cc1NC(=O)CC. The molecule has 2 N–H and O–H groups in total. The summed E-state index contributed by atoms with van der Waals surface area (Å²) in [6, 6.07) is 20.2. The first kappa shape index (κ1) is 22.2. The molecule has 0 saturated heterocycles. The van der Waals surface area contributed by atoms with Gasteiger partial charge in [0.15, 0.2) is 5.75 Å². The van der Waals surface area contributed by atoms with Crippen LogP contribution in [0.25, 0.3) is 0 Å². The summed E-state index contributed by atoms with van der Waals surface area (Å²) < 4.78 is 40.0. The molecule has 162 valence electrons. The van der Waals surface area contributed by atoms with Crippen LogP contribution < -0.4 is 19.5 Å². The van der Waals surface area contributed by atoms with Crippen molar-refractivity contribution < 1.29 is 22.7 Å². The fourth-order valence-corrected chi connectivity index (χ4v) is 3.85. The second kappa shape index (κ2) is 9.99. The van der Waals surface area contributed by atoms with E-state index in [0.29, 0.717) is 35.2 Å². The van der Waals surface area contributed by atoms with Gasteiger partial charge < -0.3 is 14.8 Å². The first-order valence-corrected chi connectivity index (χ1v) is 11.3. The topological polar surface area (TPSA) is 93.7 Å². The van der Waals surface area contributed by atoms with Gasteiger partial charge in [-0.2, -0.15) is 0 Å². The van der Waals surface area contributed by atoms with Crippen LogP contribution in [0.1, 0.15) is 20.3 Å². The van der Waals surface area contributed by atoms with Gasteiger partial charge in [-0.3, -0.25) is 9.52 Å². The van der Waals surface area contributed by atoms with Crippen molar-refractivity contribution in [2.75, 3.05) is 16.6 Å².